The van der Waals surface area contributed by atoms with E-state index in [-0.39, 0.29) is 5.95 Å². The Kier molecular flexibility index (Phi) is 2.69. The van der Waals surface area contributed by atoms with Crippen molar-refractivity contribution in [3.8, 4) is 0 Å². The van der Waals surface area contributed by atoms with Crippen molar-refractivity contribution >= 4 is 5.71 Å². The van der Waals surface area contributed by atoms with E-state index < -0.39 is 0 Å². The maximum Gasteiger partial charge on any atom is 0.299 e. The second-order valence-corrected chi connectivity index (χ2v) is 1.52. The highest BCUT2D eigenvalue weighted by molar-refractivity contribution is 5.78. The Morgan fingerprint density at radius 2 is 2.12 bits per heavy atom. The van der Waals surface area contributed by atoms with Gasteiger partial charge in [-0.1, -0.05) is 5.16 Å². The average Bonchev–Trinajstić information content (AvgIpc) is 1.61. The zero-order chi connectivity index (χ0) is 6.57. The number of hydrogen-bond acceptors (Lipinski definition) is 3. The maximum absolute atomic E-state index is 8.28. The molecule has 3 heteroatoms. The lowest BCUT2D eigenvalue weighted by atomic mass is 10.5. The van der Waals surface area contributed by atoms with Gasteiger partial charge in [0, 0.05) is 0 Å². The average molecular weight is 115 g/mol. The van der Waals surface area contributed by atoms with Crippen molar-refractivity contribution in [1.82, 2.24) is 0 Å². The normalized spacial score (nSPS) is 7.75. The molecule has 0 aromatic carbocycles. The van der Waals surface area contributed by atoms with E-state index in [4.69, 9.17) is 5.11 Å². The van der Waals surface area contributed by atoms with E-state index in [1.165, 1.54) is 0 Å². The van der Waals surface area contributed by atoms with Crippen LogP contribution in [0.4, 0.5) is 0 Å². The lowest BCUT2D eigenvalue weighted by Crippen LogP contribution is -1.85. The van der Waals surface area contributed by atoms with Crippen LogP contribution in [0.15, 0.2) is 17.7 Å². The van der Waals surface area contributed by atoms with Gasteiger partial charge in [0.25, 0.3) is 5.95 Å². The highest BCUT2D eigenvalue weighted by atomic mass is 16.7. The molecular weight excluding hydrogens is 106 g/mol. The molecule has 0 unspecified atom stereocenters. The molecule has 0 aromatic rings. The van der Waals surface area contributed by atoms with Crippen molar-refractivity contribution in [1.29, 1.82) is 0 Å². The third-order valence-corrected chi connectivity index (χ3v) is 0.334. The zero-order valence-electron chi connectivity index (χ0n) is 5.01. The van der Waals surface area contributed by atoms with Gasteiger partial charge >= 0.3 is 0 Å². The SMILES string of the molecule is C=C(O)ON=C(C)C. The molecular formula is C5H9NO2. The molecule has 46 valence electrons. The standard InChI is InChI=1S/C5H9NO2/c1-4(2)6-8-5(3)7/h7H,3H2,1-2H3. The van der Waals surface area contributed by atoms with E-state index in [2.05, 4.69) is 16.6 Å². The van der Waals surface area contributed by atoms with Crippen LogP contribution in [0.2, 0.25) is 0 Å². The molecule has 0 saturated carbocycles. The minimum Gasteiger partial charge on any atom is -0.480 e. The summed E-state index contributed by atoms with van der Waals surface area (Å²) in [6, 6.07) is 0. The molecule has 0 rings (SSSR count). The van der Waals surface area contributed by atoms with Gasteiger partial charge in [-0.3, -0.25) is 0 Å². The van der Waals surface area contributed by atoms with Gasteiger partial charge in [0.2, 0.25) is 0 Å². The van der Waals surface area contributed by atoms with Gasteiger partial charge in [0.05, 0.1) is 5.71 Å². The van der Waals surface area contributed by atoms with Gasteiger partial charge in [-0.25, -0.2) is 0 Å². The first-order chi connectivity index (χ1) is 3.63. The van der Waals surface area contributed by atoms with Crippen molar-refractivity contribution in [3.63, 3.8) is 0 Å². The molecule has 0 heterocycles. The Morgan fingerprint density at radius 3 is 2.25 bits per heavy atom. The lowest BCUT2D eigenvalue weighted by Gasteiger charge is -1.91. The summed E-state index contributed by atoms with van der Waals surface area (Å²) in [6.45, 7) is 6.56. The monoisotopic (exact) mass is 115 g/mol. The first kappa shape index (κ1) is 7.01. The van der Waals surface area contributed by atoms with Crippen LogP contribution in [-0.2, 0) is 4.84 Å². The highest BCUT2D eigenvalue weighted by Gasteiger charge is 1.81. The van der Waals surface area contributed by atoms with E-state index in [9.17, 15) is 0 Å². The lowest BCUT2D eigenvalue weighted by molar-refractivity contribution is 0.101. The van der Waals surface area contributed by atoms with Crippen LogP contribution in [0, 0.1) is 0 Å². The Labute approximate surface area is 48.3 Å². The van der Waals surface area contributed by atoms with Crippen LogP contribution in [-0.4, -0.2) is 10.8 Å². The Bertz CT molecular complexity index is 114. The van der Waals surface area contributed by atoms with E-state index >= 15 is 0 Å². The fraction of sp³-hybridized carbons (Fsp3) is 0.400. The number of aliphatic hydroxyl groups is 1. The molecule has 0 bridgehead atoms. The van der Waals surface area contributed by atoms with Crippen molar-refractivity contribution in [2.45, 2.75) is 13.8 Å². The van der Waals surface area contributed by atoms with Gasteiger partial charge in [-0.15, -0.1) is 0 Å². The van der Waals surface area contributed by atoms with Crippen LogP contribution in [0.1, 0.15) is 13.8 Å². The van der Waals surface area contributed by atoms with Crippen molar-refractivity contribution in [3.05, 3.63) is 12.5 Å². The number of aliphatic hydroxyl groups excluding tert-OH is 1. The molecule has 8 heavy (non-hydrogen) atoms. The molecule has 1 N–H and O–H groups in total. The summed E-state index contributed by atoms with van der Waals surface area (Å²) in [4.78, 5) is 4.25. The predicted molar refractivity (Wildman–Crippen MR) is 31.6 cm³/mol. The van der Waals surface area contributed by atoms with Crippen molar-refractivity contribution in [2.75, 3.05) is 0 Å². The van der Waals surface area contributed by atoms with Gasteiger partial charge in [-0.05, 0) is 20.4 Å². The first-order valence-corrected chi connectivity index (χ1v) is 2.19. The molecule has 0 saturated heterocycles. The number of nitrogens with zero attached hydrogens (tertiary/aromatic N) is 1. The van der Waals surface area contributed by atoms with E-state index in [1.54, 1.807) is 13.8 Å². The number of oxime groups is 1. The molecule has 0 amide bonds. The third kappa shape index (κ3) is 5.01. The van der Waals surface area contributed by atoms with Crippen LogP contribution >= 0.6 is 0 Å². The van der Waals surface area contributed by atoms with E-state index in [0.717, 1.165) is 5.71 Å². The van der Waals surface area contributed by atoms with Crippen molar-refractivity contribution in [2.24, 2.45) is 5.16 Å². The largest absolute Gasteiger partial charge is 0.480 e. The maximum atomic E-state index is 8.28. The summed E-state index contributed by atoms with van der Waals surface area (Å²) in [5, 5.41) is 11.7. The fourth-order valence-corrected chi connectivity index (χ4v) is 0.144. The van der Waals surface area contributed by atoms with Gasteiger partial charge in [0.1, 0.15) is 0 Å². The molecule has 0 fully saturated rings. The molecule has 0 aromatic heterocycles. The minimum atomic E-state index is -0.383. The molecule has 0 radical (unpaired) electrons. The Morgan fingerprint density at radius 1 is 1.62 bits per heavy atom. The first-order valence-electron chi connectivity index (χ1n) is 2.19. The predicted octanol–water partition coefficient (Wildman–Crippen LogP) is 1.43. The fourth-order valence-electron chi connectivity index (χ4n) is 0.144. The highest BCUT2D eigenvalue weighted by Crippen LogP contribution is 1.86. The van der Waals surface area contributed by atoms with Gasteiger partial charge in [0.15, 0.2) is 0 Å². The molecule has 3 nitrogen and oxygen atoms in total. The smallest absolute Gasteiger partial charge is 0.299 e. The molecule has 0 atom stereocenters. The van der Waals surface area contributed by atoms with E-state index in [1.807, 2.05) is 0 Å². The Hall–Kier alpha value is -0.990. The Balaban J connectivity index is 3.45. The second-order valence-electron chi connectivity index (χ2n) is 1.52. The summed E-state index contributed by atoms with van der Waals surface area (Å²) >= 11 is 0. The molecule has 0 spiro atoms. The second kappa shape index (κ2) is 3.07. The summed E-state index contributed by atoms with van der Waals surface area (Å²) in [5.74, 6) is -0.383. The van der Waals surface area contributed by atoms with Crippen LogP contribution < -0.4 is 0 Å². The van der Waals surface area contributed by atoms with E-state index in [0.29, 0.717) is 0 Å². The number of rotatable bonds is 2. The third-order valence-electron chi connectivity index (χ3n) is 0.334. The topological polar surface area (TPSA) is 41.8 Å². The zero-order valence-corrected chi connectivity index (χ0v) is 5.01. The van der Waals surface area contributed by atoms with Crippen molar-refractivity contribution < 1.29 is 9.94 Å². The summed E-state index contributed by atoms with van der Waals surface area (Å²) in [5.41, 5.74) is 0.736. The van der Waals surface area contributed by atoms with Gasteiger partial charge < -0.3 is 9.94 Å². The van der Waals surface area contributed by atoms with Gasteiger partial charge in [-0.2, -0.15) is 0 Å². The summed E-state index contributed by atoms with van der Waals surface area (Å²) < 4.78 is 0. The van der Waals surface area contributed by atoms with Crippen LogP contribution in [0.3, 0.4) is 0 Å². The van der Waals surface area contributed by atoms with Crippen LogP contribution in [0.5, 0.6) is 0 Å². The summed E-state index contributed by atoms with van der Waals surface area (Å²) in [6.07, 6.45) is 0. The molecule has 0 aliphatic heterocycles. The number of hydrogen-bond donors (Lipinski definition) is 1. The molecule has 0 aliphatic rings. The molecule has 0 aliphatic carbocycles. The summed E-state index contributed by atoms with van der Waals surface area (Å²) in [7, 11) is 0. The quantitative estimate of drug-likeness (QED) is 0.336. The minimum absolute atomic E-state index is 0.383. The van der Waals surface area contributed by atoms with Crippen LogP contribution in [0.25, 0.3) is 0 Å².